The number of alkyl halides is 3. The molecule has 9 heteroatoms. The molecule has 2 aliphatic heterocycles. The van der Waals surface area contributed by atoms with Gasteiger partial charge in [-0.1, -0.05) is 0 Å². The molecule has 0 saturated carbocycles. The summed E-state index contributed by atoms with van der Waals surface area (Å²) in [6.07, 6.45) is -4.63. The maximum Gasteiger partial charge on any atom is 0.389 e. The number of nitrogens with zero attached hydrogens (tertiary/aromatic N) is 1. The van der Waals surface area contributed by atoms with Crippen LogP contribution in [0.5, 0.6) is 0 Å². The molecule has 2 fully saturated rings. The molecule has 2 saturated heterocycles. The smallest absolute Gasteiger partial charge is 0.346 e. The van der Waals surface area contributed by atoms with Gasteiger partial charge in [-0.3, -0.25) is 0 Å². The lowest BCUT2D eigenvalue weighted by Gasteiger charge is -2.37. The molecule has 0 atom stereocenters. The average molecular weight is 317 g/mol. The van der Waals surface area contributed by atoms with Gasteiger partial charge in [0.05, 0.1) is 25.5 Å². The first-order chi connectivity index (χ1) is 9.23. The highest BCUT2D eigenvalue weighted by Crippen LogP contribution is 2.31. The topological polar surface area (TPSA) is 55.8 Å². The zero-order chi connectivity index (χ0) is 14.9. The second kappa shape index (κ2) is 5.78. The van der Waals surface area contributed by atoms with Gasteiger partial charge in [-0.05, 0) is 12.8 Å². The Hall–Kier alpha value is -0.380. The van der Waals surface area contributed by atoms with Crippen LogP contribution in [0.15, 0.2) is 0 Å². The van der Waals surface area contributed by atoms with Crippen LogP contribution in [0, 0.1) is 0 Å². The van der Waals surface area contributed by atoms with Crippen LogP contribution in [0.4, 0.5) is 13.2 Å². The maximum absolute atomic E-state index is 12.1. The van der Waals surface area contributed by atoms with Crippen LogP contribution in [0.3, 0.4) is 0 Å². The van der Waals surface area contributed by atoms with Crippen LogP contribution >= 0.6 is 0 Å². The van der Waals surface area contributed by atoms with Crippen LogP contribution < -0.4 is 0 Å². The molecule has 2 rings (SSSR count). The van der Waals surface area contributed by atoms with E-state index in [1.165, 1.54) is 4.31 Å². The minimum Gasteiger partial charge on any atom is -0.346 e. The van der Waals surface area contributed by atoms with Gasteiger partial charge in [0.15, 0.2) is 5.79 Å². The normalized spacial score (nSPS) is 24.4. The maximum atomic E-state index is 12.1. The predicted octanol–water partition coefficient (Wildman–Crippen LogP) is 1.50. The van der Waals surface area contributed by atoms with Gasteiger partial charge < -0.3 is 9.47 Å². The highest BCUT2D eigenvalue weighted by atomic mass is 32.2. The molecule has 5 nitrogen and oxygen atoms in total. The molecule has 20 heavy (non-hydrogen) atoms. The highest BCUT2D eigenvalue weighted by molar-refractivity contribution is 7.89. The monoisotopic (exact) mass is 317 g/mol. The Morgan fingerprint density at radius 3 is 2.45 bits per heavy atom. The number of hydrogen-bond donors (Lipinski definition) is 0. The summed E-state index contributed by atoms with van der Waals surface area (Å²) >= 11 is 0. The largest absolute Gasteiger partial charge is 0.389 e. The fourth-order valence-electron chi connectivity index (χ4n) is 2.51. The first-order valence-corrected chi connectivity index (χ1v) is 8.16. The Morgan fingerprint density at radius 1 is 1.20 bits per heavy atom. The fraction of sp³-hybridized carbons (Fsp3) is 1.00. The van der Waals surface area contributed by atoms with E-state index in [0.29, 0.717) is 32.6 Å². The number of halogens is 3. The SMILES string of the molecule is O=S(=O)(CCCC(F)(F)F)N1CCCC2(C1)OCCO2. The molecule has 0 aromatic heterocycles. The van der Waals surface area contributed by atoms with Gasteiger partial charge in [-0.15, -0.1) is 0 Å². The molecular weight excluding hydrogens is 299 g/mol. The average Bonchev–Trinajstić information content (AvgIpc) is 2.75. The summed E-state index contributed by atoms with van der Waals surface area (Å²) in [6.45, 7) is 1.22. The number of rotatable bonds is 4. The number of piperidine rings is 1. The third-order valence-electron chi connectivity index (χ3n) is 3.45. The van der Waals surface area contributed by atoms with Crippen molar-refractivity contribution in [1.29, 1.82) is 0 Å². The van der Waals surface area contributed by atoms with E-state index in [1.807, 2.05) is 0 Å². The summed E-state index contributed by atoms with van der Waals surface area (Å²) < 4.78 is 72.4. The molecule has 0 amide bonds. The standard InChI is InChI=1S/C11H18F3NO4S/c12-11(13,14)4-2-8-20(16,17)15-5-1-3-10(9-15)18-6-7-19-10/h1-9H2. The van der Waals surface area contributed by atoms with E-state index in [9.17, 15) is 21.6 Å². The summed E-state index contributed by atoms with van der Waals surface area (Å²) in [6, 6.07) is 0. The number of hydrogen-bond acceptors (Lipinski definition) is 4. The van der Waals surface area contributed by atoms with Crippen molar-refractivity contribution in [3.8, 4) is 0 Å². The predicted molar refractivity (Wildman–Crippen MR) is 64.5 cm³/mol. The second-order valence-corrected chi connectivity index (χ2v) is 7.17. The van der Waals surface area contributed by atoms with Gasteiger partial charge in [-0.2, -0.15) is 17.5 Å². The third kappa shape index (κ3) is 4.06. The lowest BCUT2D eigenvalue weighted by molar-refractivity contribution is -0.179. The first kappa shape index (κ1) is 16.0. The van der Waals surface area contributed by atoms with Crippen LogP contribution in [0.1, 0.15) is 25.7 Å². The molecule has 0 aliphatic carbocycles. The van der Waals surface area contributed by atoms with Crippen LogP contribution in [-0.4, -0.2) is 56.7 Å². The summed E-state index contributed by atoms with van der Waals surface area (Å²) in [5.41, 5.74) is 0. The highest BCUT2D eigenvalue weighted by Gasteiger charge is 2.44. The van der Waals surface area contributed by atoms with Crippen LogP contribution in [-0.2, 0) is 19.5 Å². The van der Waals surface area contributed by atoms with Crippen LogP contribution in [0.2, 0.25) is 0 Å². The van der Waals surface area contributed by atoms with Gasteiger partial charge in [0.2, 0.25) is 10.0 Å². The van der Waals surface area contributed by atoms with Gasteiger partial charge in [0.1, 0.15) is 0 Å². The molecule has 2 aliphatic rings. The van der Waals surface area contributed by atoms with Gasteiger partial charge in [0.25, 0.3) is 0 Å². The van der Waals surface area contributed by atoms with E-state index >= 15 is 0 Å². The molecule has 118 valence electrons. The molecular formula is C11H18F3NO4S. The lowest BCUT2D eigenvalue weighted by Crippen LogP contribution is -2.51. The summed E-state index contributed by atoms with van der Waals surface area (Å²) in [5.74, 6) is -1.39. The molecule has 2 heterocycles. The van der Waals surface area contributed by atoms with Gasteiger partial charge >= 0.3 is 6.18 Å². The molecule has 0 aromatic carbocycles. The Bertz CT molecular complexity index is 431. The summed E-state index contributed by atoms with van der Waals surface area (Å²) in [7, 11) is -3.70. The lowest BCUT2D eigenvalue weighted by atomic mass is 10.1. The van der Waals surface area contributed by atoms with Gasteiger partial charge in [0, 0.05) is 19.4 Å². The van der Waals surface area contributed by atoms with Crippen molar-refractivity contribution in [1.82, 2.24) is 4.31 Å². The van der Waals surface area contributed by atoms with E-state index in [-0.39, 0.29) is 6.54 Å². The van der Waals surface area contributed by atoms with Crippen molar-refractivity contribution in [3.63, 3.8) is 0 Å². The minimum absolute atomic E-state index is 0.0708. The van der Waals surface area contributed by atoms with Crippen molar-refractivity contribution in [3.05, 3.63) is 0 Å². The summed E-state index contributed by atoms with van der Waals surface area (Å²) in [5, 5.41) is 0. The Morgan fingerprint density at radius 2 is 1.85 bits per heavy atom. The van der Waals surface area contributed by atoms with Crippen LogP contribution in [0.25, 0.3) is 0 Å². The van der Waals surface area contributed by atoms with Gasteiger partial charge in [-0.25, -0.2) is 8.42 Å². The van der Waals surface area contributed by atoms with Crippen molar-refractivity contribution in [2.75, 3.05) is 32.1 Å². The van der Waals surface area contributed by atoms with E-state index in [1.54, 1.807) is 0 Å². The van der Waals surface area contributed by atoms with Crippen molar-refractivity contribution in [2.45, 2.75) is 37.6 Å². The van der Waals surface area contributed by atoms with Crippen molar-refractivity contribution >= 4 is 10.0 Å². The molecule has 1 spiro atoms. The summed E-state index contributed by atoms with van der Waals surface area (Å²) in [4.78, 5) is 0. The minimum atomic E-state index is -4.32. The fourth-order valence-corrected chi connectivity index (χ4v) is 4.07. The molecule has 0 aromatic rings. The Kier molecular flexibility index (Phi) is 4.63. The zero-order valence-corrected chi connectivity index (χ0v) is 11.8. The van der Waals surface area contributed by atoms with Crippen molar-refractivity contribution in [2.24, 2.45) is 0 Å². The molecule has 0 unspecified atom stereocenters. The van der Waals surface area contributed by atoms with Crippen molar-refractivity contribution < 1.29 is 31.1 Å². The molecule has 0 N–H and O–H groups in total. The van der Waals surface area contributed by atoms with E-state index in [0.717, 1.165) is 0 Å². The Labute approximate surface area is 116 Å². The molecule has 0 radical (unpaired) electrons. The zero-order valence-electron chi connectivity index (χ0n) is 11.0. The van der Waals surface area contributed by atoms with E-state index < -0.39 is 40.6 Å². The number of ether oxygens (including phenoxy) is 2. The quantitative estimate of drug-likeness (QED) is 0.788. The first-order valence-electron chi connectivity index (χ1n) is 6.55. The Balaban J connectivity index is 1.91. The second-order valence-electron chi connectivity index (χ2n) is 5.08. The van der Waals surface area contributed by atoms with E-state index in [2.05, 4.69) is 0 Å². The molecule has 0 bridgehead atoms. The third-order valence-corrected chi connectivity index (χ3v) is 5.35. The van der Waals surface area contributed by atoms with E-state index in [4.69, 9.17) is 9.47 Å². The number of sulfonamides is 1.